The zero-order valence-corrected chi connectivity index (χ0v) is 11.1. The van der Waals surface area contributed by atoms with Crippen molar-refractivity contribution in [2.24, 2.45) is 0 Å². The maximum atomic E-state index is 11.7. The second-order valence-corrected chi connectivity index (χ2v) is 5.00. The number of carbonyl (C=O) groups excluding carboxylic acids is 1. The van der Waals surface area contributed by atoms with Gasteiger partial charge in [0.05, 0.1) is 0 Å². The molecule has 0 radical (unpaired) electrons. The number of amides is 1. The van der Waals surface area contributed by atoms with Crippen LogP contribution in [0.1, 0.15) is 19.8 Å². The van der Waals surface area contributed by atoms with Crippen molar-refractivity contribution in [2.75, 3.05) is 32.4 Å². The van der Waals surface area contributed by atoms with Gasteiger partial charge in [-0.05, 0) is 13.5 Å². The molecule has 5 heteroatoms. The molecule has 1 heterocycles. The highest BCUT2D eigenvalue weighted by molar-refractivity contribution is 8.00. The molecular formula is C10H21ClN2OS. The molecule has 1 unspecified atom stereocenters. The molecule has 1 rings (SSSR count). The topological polar surface area (TPSA) is 32.3 Å². The molecule has 90 valence electrons. The van der Waals surface area contributed by atoms with Gasteiger partial charge in [-0.15, -0.1) is 12.4 Å². The number of thioether (sulfide) groups is 1. The first-order valence-electron chi connectivity index (χ1n) is 5.32. The van der Waals surface area contributed by atoms with Crippen molar-refractivity contribution in [1.82, 2.24) is 10.2 Å². The number of nitrogens with one attached hydrogen (secondary N) is 1. The molecule has 3 nitrogen and oxygen atoms in total. The minimum atomic E-state index is 0. The summed E-state index contributed by atoms with van der Waals surface area (Å²) in [7, 11) is 1.88. The Hall–Kier alpha value is 0.0700. The number of rotatable bonds is 4. The van der Waals surface area contributed by atoms with Gasteiger partial charge in [0.1, 0.15) is 0 Å². The third kappa shape index (κ3) is 5.09. The Bertz CT molecular complexity index is 192. The summed E-state index contributed by atoms with van der Waals surface area (Å²) in [6, 6.07) is 0. The van der Waals surface area contributed by atoms with Gasteiger partial charge in [-0.25, -0.2) is 0 Å². The summed E-state index contributed by atoms with van der Waals surface area (Å²) in [5.74, 6) is 1.40. The molecule has 1 atom stereocenters. The van der Waals surface area contributed by atoms with Crippen LogP contribution in [0, 0.1) is 0 Å². The van der Waals surface area contributed by atoms with Crippen LogP contribution < -0.4 is 5.32 Å². The van der Waals surface area contributed by atoms with E-state index in [1.807, 2.05) is 23.7 Å². The molecule has 0 aromatic heterocycles. The fraction of sp³-hybridized carbons (Fsp3) is 0.900. The van der Waals surface area contributed by atoms with E-state index in [9.17, 15) is 4.79 Å². The molecule has 1 aliphatic heterocycles. The van der Waals surface area contributed by atoms with Gasteiger partial charge in [-0.1, -0.05) is 6.92 Å². The minimum Gasteiger partial charge on any atom is -0.341 e. The van der Waals surface area contributed by atoms with Crippen LogP contribution in [0.3, 0.4) is 0 Å². The molecule has 0 spiro atoms. The molecule has 0 aromatic rings. The number of hydrogen-bond acceptors (Lipinski definition) is 3. The first-order valence-corrected chi connectivity index (χ1v) is 6.36. The highest BCUT2D eigenvalue weighted by Crippen LogP contribution is 2.21. The smallest absolute Gasteiger partial charge is 0.223 e. The summed E-state index contributed by atoms with van der Waals surface area (Å²) in [5, 5.41) is 3.67. The van der Waals surface area contributed by atoms with Gasteiger partial charge in [-0.3, -0.25) is 4.79 Å². The van der Waals surface area contributed by atoms with E-state index < -0.39 is 0 Å². The third-order valence-electron chi connectivity index (χ3n) is 2.54. The lowest BCUT2D eigenvalue weighted by atomic mass is 10.2. The van der Waals surface area contributed by atoms with Crippen LogP contribution in [0.25, 0.3) is 0 Å². The Kier molecular flexibility index (Phi) is 8.29. The van der Waals surface area contributed by atoms with E-state index in [-0.39, 0.29) is 12.4 Å². The van der Waals surface area contributed by atoms with Crippen molar-refractivity contribution in [3.05, 3.63) is 0 Å². The van der Waals surface area contributed by atoms with Crippen LogP contribution in [0.15, 0.2) is 0 Å². The van der Waals surface area contributed by atoms with Crippen LogP contribution in [-0.2, 0) is 4.79 Å². The van der Waals surface area contributed by atoms with E-state index >= 15 is 0 Å². The minimum absolute atomic E-state index is 0. The predicted molar refractivity (Wildman–Crippen MR) is 68.9 cm³/mol. The average Bonchev–Trinajstić information content (AvgIpc) is 2.26. The molecule has 1 saturated heterocycles. The fourth-order valence-corrected chi connectivity index (χ4v) is 2.76. The average molecular weight is 253 g/mol. The number of nitrogens with zero attached hydrogens (tertiary/aromatic N) is 1. The Labute approximate surface area is 103 Å². The zero-order chi connectivity index (χ0) is 10.4. The molecule has 0 saturated carbocycles. The van der Waals surface area contributed by atoms with Crippen molar-refractivity contribution in [3.63, 3.8) is 0 Å². The number of halogens is 1. The van der Waals surface area contributed by atoms with E-state index in [0.717, 1.165) is 25.4 Å². The standard InChI is InChI=1S/C10H20N2OS.ClH/c1-3-9-8-12(6-7-14-9)10(13)4-5-11-2;/h9,11H,3-8H2,1-2H3;1H. The van der Waals surface area contributed by atoms with E-state index in [1.54, 1.807) is 0 Å². The summed E-state index contributed by atoms with van der Waals surface area (Å²) in [6.45, 7) is 4.87. The Balaban J connectivity index is 0.00000196. The Morgan fingerprint density at radius 3 is 2.93 bits per heavy atom. The predicted octanol–water partition coefficient (Wildman–Crippen LogP) is 1.37. The van der Waals surface area contributed by atoms with Gasteiger partial charge in [0.25, 0.3) is 0 Å². The first-order chi connectivity index (χ1) is 6.77. The Morgan fingerprint density at radius 2 is 2.33 bits per heavy atom. The summed E-state index contributed by atoms with van der Waals surface area (Å²) < 4.78 is 0. The van der Waals surface area contributed by atoms with E-state index in [0.29, 0.717) is 17.6 Å². The van der Waals surface area contributed by atoms with E-state index in [2.05, 4.69) is 12.2 Å². The zero-order valence-electron chi connectivity index (χ0n) is 9.49. The van der Waals surface area contributed by atoms with Crippen LogP contribution >= 0.6 is 24.2 Å². The number of carbonyl (C=O) groups is 1. The molecule has 1 amide bonds. The van der Waals surface area contributed by atoms with Gasteiger partial charge in [0.2, 0.25) is 5.91 Å². The lowest BCUT2D eigenvalue weighted by Crippen LogP contribution is -2.42. The van der Waals surface area contributed by atoms with Crippen molar-refractivity contribution < 1.29 is 4.79 Å². The monoisotopic (exact) mass is 252 g/mol. The van der Waals surface area contributed by atoms with Crippen molar-refractivity contribution in [1.29, 1.82) is 0 Å². The molecule has 0 bridgehead atoms. The molecule has 1 aliphatic rings. The summed E-state index contributed by atoms with van der Waals surface area (Å²) in [6.07, 6.45) is 1.80. The molecule has 0 aliphatic carbocycles. The van der Waals surface area contributed by atoms with Crippen molar-refractivity contribution in [3.8, 4) is 0 Å². The largest absolute Gasteiger partial charge is 0.341 e. The highest BCUT2D eigenvalue weighted by Gasteiger charge is 2.22. The van der Waals surface area contributed by atoms with Crippen LogP contribution in [0.4, 0.5) is 0 Å². The van der Waals surface area contributed by atoms with Crippen molar-refractivity contribution in [2.45, 2.75) is 25.0 Å². The third-order valence-corrected chi connectivity index (χ3v) is 3.91. The normalized spacial score (nSPS) is 20.9. The second-order valence-electron chi connectivity index (χ2n) is 3.59. The number of hydrogen-bond donors (Lipinski definition) is 1. The van der Waals surface area contributed by atoms with Gasteiger partial charge in [-0.2, -0.15) is 11.8 Å². The van der Waals surface area contributed by atoms with Crippen LogP contribution in [0.2, 0.25) is 0 Å². The molecular weight excluding hydrogens is 232 g/mol. The van der Waals surface area contributed by atoms with E-state index in [4.69, 9.17) is 0 Å². The molecule has 0 aromatic carbocycles. The SMILES string of the molecule is CCC1CN(C(=O)CCNC)CCS1.Cl. The lowest BCUT2D eigenvalue weighted by molar-refractivity contribution is -0.131. The molecule has 1 N–H and O–H groups in total. The molecule has 15 heavy (non-hydrogen) atoms. The van der Waals surface area contributed by atoms with Gasteiger partial charge >= 0.3 is 0 Å². The first kappa shape index (κ1) is 15.1. The second kappa shape index (κ2) is 8.25. The summed E-state index contributed by atoms with van der Waals surface area (Å²) in [5.41, 5.74) is 0. The summed E-state index contributed by atoms with van der Waals surface area (Å²) >= 11 is 2.00. The van der Waals surface area contributed by atoms with Crippen LogP contribution in [0.5, 0.6) is 0 Å². The van der Waals surface area contributed by atoms with Gasteiger partial charge in [0, 0.05) is 37.1 Å². The van der Waals surface area contributed by atoms with E-state index in [1.165, 1.54) is 6.42 Å². The molecule has 1 fully saturated rings. The maximum absolute atomic E-state index is 11.7. The highest BCUT2D eigenvalue weighted by atomic mass is 35.5. The quantitative estimate of drug-likeness (QED) is 0.821. The van der Waals surface area contributed by atoms with Crippen LogP contribution in [-0.4, -0.2) is 48.5 Å². The lowest BCUT2D eigenvalue weighted by Gasteiger charge is -2.32. The Morgan fingerprint density at radius 1 is 1.60 bits per heavy atom. The maximum Gasteiger partial charge on any atom is 0.223 e. The van der Waals surface area contributed by atoms with Gasteiger partial charge in [0.15, 0.2) is 0 Å². The van der Waals surface area contributed by atoms with Gasteiger partial charge < -0.3 is 10.2 Å². The fourth-order valence-electron chi connectivity index (χ4n) is 1.58. The van der Waals surface area contributed by atoms with Crippen molar-refractivity contribution >= 4 is 30.1 Å². The summed E-state index contributed by atoms with van der Waals surface area (Å²) in [4.78, 5) is 13.7.